The molecule has 1 fully saturated rings. The number of amides is 1. The van der Waals surface area contributed by atoms with E-state index in [1.54, 1.807) is 12.0 Å². The van der Waals surface area contributed by atoms with E-state index in [0.29, 0.717) is 6.54 Å². The molecule has 0 radical (unpaired) electrons. The van der Waals surface area contributed by atoms with Crippen molar-refractivity contribution in [1.29, 1.82) is 0 Å². The van der Waals surface area contributed by atoms with Crippen LogP contribution in [0.15, 0.2) is 24.3 Å². The highest BCUT2D eigenvalue weighted by atomic mass is 16.5. The fourth-order valence-corrected chi connectivity index (χ4v) is 2.23. The summed E-state index contributed by atoms with van der Waals surface area (Å²) < 4.78 is 5.26. The van der Waals surface area contributed by atoms with Gasteiger partial charge in [-0.1, -0.05) is 29.8 Å². The first-order valence-electron chi connectivity index (χ1n) is 6.25. The van der Waals surface area contributed by atoms with E-state index in [9.17, 15) is 4.79 Å². The molecule has 0 aliphatic carbocycles. The van der Waals surface area contributed by atoms with Gasteiger partial charge >= 0.3 is 0 Å². The summed E-state index contributed by atoms with van der Waals surface area (Å²) in [5.74, 6) is -0.0154. The number of ether oxygens (including phenoxy) is 1. The van der Waals surface area contributed by atoms with Crippen molar-refractivity contribution in [2.24, 2.45) is 5.73 Å². The summed E-state index contributed by atoms with van der Waals surface area (Å²) in [5.41, 5.74) is 8.06. The van der Waals surface area contributed by atoms with Crippen LogP contribution in [0.25, 0.3) is 0 Å². The second-order valence-corrected chi connectivity index (χ2v) is 4.82. The lowest BCUT2D eigenvalue weighted by Crippen LogP contribution is -2.37. The van der Waals surface area contributed by atoms with Gasteiger partial charge in [0.25, 0.3) is 0 Å². The number of nitrogens with two attached hydrogens (primary N) is 1. The fourth-order valence-electron chi connectivity index (χ4n) is 2.23. The maximum absolute atomic E-state index is 12.2. The Bertz CT molecular complexity index is 416. The first-order valence-corrected chi connectivity index (χ1v) is 6.25. The molecule has 4 nitrogen and oxygen atoms in total. The molecule has 0 spiro atoms. The average Bonchev–Trinajstić information content (AvgIpc) is 2.86. The molecular weight excluding hydrogens is 228 g/mol. The van der Waals surface area contributed by atoms with Gasteiger partial charge in [-0.25, -0.2) is 0 Å². The molecule has 1 heterocycles. The smallest absolute Gasteiger partial charge is 0.244 e. The summed E-state index contributed by atoms with van der Waals surface area (Å²) in [5, 5.41) is 0. The van der Waals surface area contributed by atoms with Gasteiger partial charge < -0.3 is 15.4 Å². The Morgan fingerprint density at radius 1 is 1.44 bits per heavy atom. The van der Waals surface area contributed by atoms with Gasteiger partial charge in [0.05, 0.1) is 6.10 Å². The zero-order chi connectivity index (χ0) is 13.1. The lowest BCUT2D eigenvalue weighted by Gasteiger charge is -2.21. The minimum absolute atomic E-state index is 0.0154. The maximum Gasteiger partial charge on any atom is 0.244 e. The van der Waals surface area contributed by atoms with Crippen molar-refractivity contribution in [2.75, 3.05) is 20.2 Å². The molecule has 98 valence electrons. The minimum atomic E-state index is -0.568. The van der Waals surface area contributed by atoms with Gasteiger partial charge in [-0.2, -0.15) is 0 Å². The highest BCUT2D eigenvalue weighted by Crippen LogP contribution is 2.19. The number of hydrogen-bond donors (Lipinski definition) is 1. The second-order valence-electron chi connectivity index (χ2n) is 4.82. The number of nitrogens with zero attached hydrogens (tertiary/aromatic N) is 1. The van der Waals surface area contributed by atoms with Gasteiger partial charge in [0, 0.05) is 20.2 Å². The molecule has 2 atom stereocenters. The maximum atomic E-state index is 12.2. The number of likely N-dealkylation sites (tertiary alicyclic amines) is 1. The van der Waals surface area contributed by atoms with Gasteiger partial charge in [0.1, 0.15) is 6.04 Å². The molecule has 1 aliphatic heterocycles. The lowest BCUT2D eigenvalue weighted by molar-refractivity contribution is -0.132. The number of benzene rings is 1. The number of aryl methyl sites for hydroxylation is 1. The van der Waals surface area contributed by atoms with Crippen molar-refractivity contribution < 1.29 is 9.53 Å². The molecule has 0 bridgehead atoms. The van der Waals surface area contributed by atoms with Crippen molar-refractivity contribution in [2.45, 2.75) is 25.5 Å². The van der Waals surface area contributed by atoms with E-state index in [4.69, 9.17) is 10.5 Å². The minimum Gasteiger partial charge on any atom is -0.380 e. The Morgan fingerprint density at radius 2 is 2.11 bits per heavy atom. The molecule has 1 saturated heterocycles. The first-order chi connectivity index (χ1) is 8.61. The van der Waals surface area contributed by atoms with Gasteiger partial charge in [0.2, 0.25) is 5.91 Å². The Hall–Kier alpha value is -1.39. The van der Waals surface area contributed by atoms with Gasteiger partial charge in [-0.15, -0.1) is 0 Å². The largest absolute Gasteiger partial charge is 0.380 e. The van der Waals surface area contributed by atoms with Gasteiger partial charge in [0.15, 0.2) is 0 Å². The molecule has 1 amide bonds. The SMILES string of the molecule is COC1CCN(C(=O)C(N)c2ccc(C)cc2)C1. The van der Waals surface area contributed by atoms with Crippen LogP contribution >= 0.6 is 0 Å². The monoisotopic (exact) mass is 248 g/mol. The number of hydrogen-bond acceptors (Lipinski definition) is 3. The lowest BCUT2D eigenvalue weighted by atomic mass is 10.1. The molecular formula is C14H20N2O2. The Labute approximate surface area is 108 Å². The van der Waals surface area contributed by atoms with E-state index in [-0.39, 0.29) is 12.0 Å². The van der Waals surface area contributed by atoms with E-state index < -0.39 is 6.04 Å². The predicted octanol–water partition coefficient (Wildman–Crippen LogP) is 1.24. The predicted molar refractivity (Wildman–Crippen MR) is 70.1 cm³/mol. The van der Waals surface area contributed by atoms with E-state index in [1.807, 2.05) is 31.2 Å². The normalized spacial score (nSPS) is 21.1. The molecule has 2 N–H and O–H groups in total. The molecule has 0 saturated carbocycles. The zero-order valence-electron chi connectivity index (χ0n) is 10.9. The van der Waals surface area contributed by atoms with E-state index in [2.05, 4.69) is 0 Å². The molecule has 4 heteroatoms. The second kappa shape index (κ2) is 5.50. The molecule has 1 aromatic rings. The first kappa shape index (κ1) is 13.1. The number of carbonyl (C=O) groups is 1. The average molecular weight is 248 g/mol. The van der Waals surface area contributed by atoms with E-state index >= 15 is 0 Å². The third-order valence-electron chi connectivity index (χ3n) is 3.49. The molecule has 2 unspecified atom stereocenters. The van der Waals surface area contributed by atoms with Crippen LogP contribution in [0.1, 0.15) is 23.6 Å². The van der Waals surface area contributed by atoms with Crippen LogP contribution < -0.4 is 5.73 Å². The van der Waals surface area contributed by atoms with Crippen molar-refractivity contribution in [1.82, 2.24) is 4.90 Å². The van der Waals surface area contributed by atoms with Gasteiger partial charge in [-0.3, -0.25) is 4.79 Å². The summed E-state index contributed by atoms with van der Waals surface area (Å²) in [6.07, 6.45) is 1.04. The van der Waals surface area contributed by atoms with Crippen LogP contribution in [0, 0.1) is 6.92 Å². The number of methoxy groups -OCH3 is 1. The quantitative estimate of drug-likeness (QED) is 0.875. The summed E-state index contributed by atoms with van der Waals surface area (Å²) in [6, 6.07) is 7.22. The summed E-state index contributed by atoms with van der Waals surface area (Å²) in [4.78, 5) is 14.0. The molecule has 18 heavy (non-hydrogen) atoms. The summed E-state index contributed by atoms with van der Waals surface area (Å²) >= 11 is 0. The fraction of sp³-hybridized carbons (Fsp3) is 0.500. The summed E-state index contributed by atoms with van der Waals surface area (Å²) in [7, 11) is 1.68. The Balaban J connectivity index is 2.03. The highest BCUT2D eigenvalue weighted by molar-refractivity contribution is 5.83. The van der Waals surface area contributed by atoms with Crippen molar-refractivity contribution in [3.05, 3.63) is 35.4 Å². The molecule has 2 rings (SSSR count). The molecule has 0 aromatic heterocycles. The van der Waals surface area contributed by atoms with Crippen LogP contribution in [0.3, 0.4) is 0 Å². The van der Waals surface area contributed by atoms with Crippen molar-refractivity contribution in [3.63, 3.8) is 0 Å². The summed E-state index contributed by atoms with van der Waals surface area (Å²) in [6.45, 7) is 3.40. The zero-order valence-corrected chi connectivity index (χ0v) is 10.9. The Kier molecular flexibility index (Phi) is 3.99. The highest BCUT2D eigenvalue weighted by Gasteiger charge is 2.29. The molecule has 1 aliphatic rings. The third-order valence-corrected chi connectivity index (χ3v) is 3.49. The number of rotatable bonds is 3. The van der Waals surface area contributed by atoms with Crippen LogP contribution in [0.5, 0.6) is 0 Å². The van der Waals surface area contributed by atoms with Crippen molar-refractivity contribution in [3.8, 4) is 0 Å². The van der Waals surface area contributed by atoms with Gasteiger partial charge in [-0.05, 0) is 18.9 Å². The van der Waals surface area contributed by atoms with Crippen LogP contribution in [-0.4, -0.2) is 37.1 Å². The molecule has 1 aromatic carbocycles. The van der Waals surface area contributed by atoms with Crippen LogP contribution in [0.4, 0.5) is 0 Å². The topological polar surface area (TPSA) is 55.6 Å². The van der Waals surface area contributed by atoms with Crippen LogP contribution in [-0.2, 0) is 9.53 Å². The van der Waals surface area contributed by atoms with Crippen LogP contribution in [0.2, 0.25) is 0 Å². The number of carbonyl (C=O) groups excluding carboxylic acids is 1. The Morgan fingerprint density at radius 3 is 2.67 bits per heavy atom. The van der Waals surface area contributed by atoms with E-state index in [1.165, 1.54) is 5.56 Å². The third kappa shape index (κ3) is 2.71. The van der Waals surface area contributed by atoms with E-state index in [0.717, 1.165) is 18.5 Å². The van der Waals surface area contributed by atoms with Crippen molar-refractivity contribution >= 4 is 5.91 Å². The standard InChI is InChI=1S/C14H20N2O2/c1-10-3-5-11(6-4-10)13(15)14(17)16-8-7-12(9-16)18-2/h3-6,12-13H,7-9,15H2,1-2H3.